The molecule has 0 atom stereocenters. The molecule has 3 rings (SSSR count). The van der Waals surface area contributed by atoms with E-state index in [0.29, 0.717) is 23.7 Å². The maximum atomic E-state index is 11.3. The molecule has 0 radical (unpaired) electrons. The standard InChI is InChI=1S/C18H16N2O3/c1-2-23-17-11-7-6-10-15(17)20-16(12-14(19-20)18(21)22)13-8-4-3-5-9-13/h3-12H,2H2,1H3,(H,21,22). The molecule has 0 aliphatic carbocycles. The molecule has 23 heavy (non-hydrogen) atoms. The molecule has 0 unspecified atom stereocenters. The summed E-state index contributed by atoms with van der Waals surface area (Å²) in [5.74, 6) is -0.401. The summed E-state index contributed by atoms with van der Waals surface area (Å²) in [5.41, 5.74) is 2.30. The van der Waals surface area contributed by atoms with Crippen LogP contribution < -0.4 is 4.74 Å². The Hall–Kier alpha value is -3.08. The molecule has 0 bridgehead atoms. The molecule has 0 saturated heterocycles. The fraction of sp³-hybridized carbons (Fsp3) is 0.111. The van der Waals surface area contributed by atoms with Crippen molar-refractivity contribution >= 4 is 5.97 Å². The molecule has 1 heterocycles. The molecule has 116 valence electrons. The van der Waals surface area contributed by atoms with Crippen LogP contribution in [0.4, 0.5) is 0 Å². The van der Waals surface area contributed by atoms with Gasteiger partial charge in [-0.15, -0.1) is 0 Å². The summed E-state index contributed by atoms with van der Waals surface area (Å²) in [6.07, 6.45) is 0. The molecular weight excluding hydrogens is 292 g/mol. The van der Waals surface area contributed by atoms with Gasteiger partial charge in [-0.2, -0.15) is 5.10 Å². The summed E-state index contributed by atoms with van der Waals surface area (Å²) in [6.45, 7) is 2.42. The lowest BCUT2D eigenvalue weighted by molar-refractivity contribution is 0.0690. The lowest BCUT2D eigenvalue weighted by atomic mass is 10.1. The van der Waals surface area contributed by atoms with Gasteiger partial charge in [0.1, 0.15) is 11.4 Å². The van der Waals surface area contributed by atoms with Crippen molar-refractivity contribution in [1.29, 1.82) is 0 Å². The van der Waals surface area contributed by atoms with E-state index in [1.54, 1.807) is 10.7 Å². The Balaban J connectivity index is 2.21. The van der Waals surface area contributed by atoms with Gasteiger partial charge in [-0.05, 0) is 25.1 Å². The third-order valence-corrected chi connectivity index (χ3v) is 3.39. The Morgan fingerprint density at radius 3 is 2.52 bits per heavy atom. The Bertz CT molecular complexity index is 825. The number of hydrogen-bond donors (Lipinski definition) is 1. The summed E-state index contributed by atoms with van der Waals surface area (Å²) in [6, 6.07) is 18.6. The van der Waals surface area contributed by atoms with Gasteiger partial charge in [-0.3, -0.25) is 0 Å². The van der Waals surface area contributed by atoms with Crippen LogP contribution in [0.5, 0.6) is 5.75 Å². The molecular formula is C18H16N2O3. The number of hydrogen-bond acceptors (Lipinski definition) is 3. The number of aromatic carboxylic acids is 1. The van der Waals surface area contributed by atoms with Crippen LogP contribution in [0.3, 0.4) is 0 Å². The van der Waals surface area contributed by atoms with Gasteiger partial charge >= 0.3 is 5.97 Å². The molecule has 0 aliphatic rings. The zero-order valence-electron chi connectivity index (χ0n) is 12.6. The minimum Gasteiger partial charge on any atom is -0.492 e. The van der Waals surface area contributed by atoms with E-state index in [-0.39, 0.29) is 5.69 Å². The number of carboxylic acids is 1. The van der Waals surface area contributed by atoms with Crippen molar-refractivity contribution in [2.75, 3.05) is 6.61 Å². The Kier molecular flexibility index (Phi) is 4.10. The minimum absolute atomic E-state index is 0.00449. The first-order valence-corrected chi connectivity index (χ1v) is 7.31. The highest BCUT2D eigenvalue weighted by Gasteiger charge is 2.17. The van der Waals surface area contributed by atoms with Crippen LogP contribution in [0.1, 0.15) is 17.4 Å². The molecule has 0 saturated carbocycles. The summed E-state index contributed by atoms with van der Waals surface area (Å²) >= 11 is 0. The monoisotopic (exact) mass is 308 g/mol. The van der Waals surface area contributed by atoms with Crippen molar-refractivity contribution < 1.29 is 14.6 Å². The largest absolute Gasteiger partial charge is 0.492 e. The summed E-state index contributed by atoms with van der Waals surface area (Å²) < 4.78 is 7.26. The zero-order valence-corrected chi connectivity index (χ0v) is 12.6. The Morgan fingerprint density at radius 1 is 1.13 bits per heavy atom. The van der Waals surface area contributed by atoms with Gasteiger partial charge in [-0.25, -0.2) is 9.48 Å². The van der Waals surface area contributed by atoms with E-state index < -0.39 is 5.97 Å². The molecule has 0 fully saturated rings. The number of aromatic nitrogens is 2. The van der Waals surface area contributed by atoms with Gasteiger partial charge in [0.15, 0.2) is 5.69 Å². The van der Waals surface area contributed by atoms with Crippen LogP contribution in [-0.2, 0) is 0 Å². The van der Waals surface area contributed by atoms with Crippen LogP contribution in [0.2, 0.25) is 0 Å². The molecule has 5 nitrogen and oxygen atoms in total. The summed E-state index contributed by atoms with van der Waals surface area (Å²) in [5, 5.41) is 13.5. The van der Waals surface area contributed by atoms with Gasteiger partial charge in [0, 0.05) is 5.56 Å². The highest BCUT2D eigenvalue weighted by atomic mass is 16.5. The minimum atomic E-state index is -1.06. The van der Waals surface area contributed by atoms with Crippen molar-refractivity contribution in [3.8, 4) is 22.7 Å². The number of carboxylic acid groups (broad SMARTS) is 1. The third-order valence-electron chi connectivity index (χ3n) is 3.39. The molecule has 1 aromatic heterocycles. The van der Waals surface area contributed by atoms with Crippen molar-refractivity contribution in [2.24, 2.45) is 0 Å². The van der Waals surface area contributed by atoms with Gasteiger partial charge in [0.05, 0.1) is 12.3 Å². The molecule has 0 amide bonds. The number of para-hydroxylation sites is 2. The van der Waals surface area contributed by atoms with Gasteiger partial charge in [0.25, 0.3) is 0 Å². The smallest absolute Gasteiger partial charge is 0.356 e. The second kappa shape index (κ2) is 6.36. The van der Waals surface area contributed by atoms with Crippen LogP contribution >= 0.6 is 0 Å². The highest BCUT2D eigenvalue weighted by molar-refractivity contribution is 5.87. The van der Waals surface area contributed by atoms with Crippen LogP contribution in [-0.4, -0.2) is 27.5 Å². The number of benzene rings is 2. The van der Waals surface area contributed by atoms with Crippen LogP contribution in [0.25, 0.3) is 16.9 Å². The van der Waals surface area contributed by atoms with Crippen LogP contribution in [0.15, 0.2) is 60.7 Å². The van der Waals surface area contributed by atoms with E-state index in [4.69, 9.17) is 4.74 Å². The van der Waals surface area contributed by atoms with E-state index in [1.165, 1.54) is 0 Å². The molecule has 0 spiro atoms. The van der Waals surface area contributed by atoms with E-state index in [1.807, 2.05) is 61.5 Å². The average Bonchev–Trinajstić information content (AvgIpc) is 3.02. The number of carbonyl (C=O) groups is 1. The van der Waals surface area contributed by atoms with E-state index in [9.17, 15) is 9.90 Å². The Labute approximate surface area is 133 Å². The number of ether oxygens (including phenoxy) is 1. The topological polar surface area (TPSA) is 64.4 Å². The second-order valence-electron chi connectivity index (χ2n) is 4.90. The summed E-state index contributed by atoms with van der Waals surface area (Å²) in [4.78, 5) is 11.3. The fourth-order valence-corrected chi connectivity index (χ4v) is 2.39. The lowest BCUT2D eigenvalue weighted by Gasteiger charge is -2.12. The fourth-order valence-electron chi connectivity index (χ4n) is 2.39. The first kappa shape index (κ1) is 14.8. The predicted octanol–water partition coefficient (Wildman–Crippen LogP) is 3.64. The Morgan fingerprint density at radius 2 is 1.83 bits per heavy atom. The van der Waals surface area contributed by atoms with E-state index in [0.717, 1.165) is 5.56 Å². The second-order valence-corrected chi connectivity index (χ2v) is 4.90. The molecule has 2 aromatic carbocycles. The van der Waals surface area contributed by atoms with Crippen molar-refractivity contribution in [2.45, 2.75) is 6.92 Å². The van der Waals surface area contributed by atoms with Crippen LogP contribution in [0, 0.1) is 0 Å². The average molecular weight is 308 g/mol. The molecule has 3 aromatic rings. The maximum Gasteiger partial charge on any atom is 0.356 e. The predicted molar refractivity (Wildman–Crippen MR) is 87.1 cm³/mol. The third kappa shape index (κ3) is 2.94. The normalized spacial score (nSPS) is 10.5. The van der Waals surface area contributed by atoms with Crippen molar-refractivity contribution in [3.63, 3.8) is 0 Å². The number of rotatable bonds is 5. The SMILES string of the molecule is CCOc1ccccc1-n1nc(C(=O)O)cc1-c1ccccc1. The molecule has 5 heteroatoms. The zero-order chi connectivity index (χ0) is 16.2. The van der Waals surface area contributed by atoms with Gasteiger partial charge in [0.2, 0.25) is 0 Å². The van der Waals surface area contributed by atoms with E-state index >= 15 is 0 Å². The quantitative estimate of drug-likeness (QED) is 0.781. The van der Waals surface area contributed by atoms with E-state index in [2.05, 4.69) is 5.10 Å². The maximum absolute atomic E-state index is 11.3. The summed E-state index contributed by atoms with van der Waals surface area (Å²) in [7, 11) is 0. The molecule has 0 aliphatic heterocycles. The van der Waals surface area contributed by atoms with Crippen molar-refractivity contribution in [1.82, 2.24) is 9.78 Å². The first-order chi connectivity index (χ1) is 11.2. The van der Waals surface area contributed by atoms with Crippen molar-refractivity contribution in [3.05, 3.63) is 66.4 Å². The van der Waals surface area contributed by atoms with Gasteiger partial charge < -0.3 is 9.84 Å². The molecule has 1 N–H and O–H groups in total. The first-order valence-electron chi connectivity index (χ1n) is 7.31. The number of nitrogens with zero attached hydrogens (tertiary/aromatic N) is 2. The lowest BCUT2D eigenvalue weighted by Crippen LogP contribution is -2.05. The van der Waals surface area contributed by atoms with Gasteiger partial charge in [-0.1, -0.05) is 42.5 Å². The highest BCUT2D eigenvalue weighted by Crippen LogP contribution is 2.29.